The van der Waals surface area contributed by atoms with E-state index in [0.717, 1.165) is 45.1 Å². The number of benzene rings is 1. The van der Waals surface area contributed by atoms with E-state index in [1.54, 1.807) is 13.4 Å². The molecular weight excluding hydrogens is 392 g/mol. The molecule has 5 nitrogen and oxygen atoms in total. The summed E-state index contributed by atoms with van der Waals surface area (Å²) < 4.78 is 6.50. The molecule has 0 aliphatic heterocycles. The fourth-order valence-electron chi connectivity index (χ4n) is 2.69. The first kappa shape index (κ1) is 18.3. The molecule has 0 saturated carbocycles. The number of ether oxygens (including phenoxy) is 1. The van der Waals surface area contributed by atoms with E-state index in [1.807, 2.05) is 43.5 Å². The maximum absolute atomic E-state index is 5.50. The highest BCUT2D eigenvalue weighted by Gasteiger charge is 2.12. The van der Waals surface area contributed by atoms with Crippen LogP contribution in [0.15, 0.2) is 53.4 Å². The molecule has 26 heavy (non-hydrogen) atoms. The first-order chi connectivity index (χ1) is 12.6. The highest BCUT2D eigenvalue weighted by Crippen LogP contribution is 2.30. The van der Waals surface area contributed by atoms with Gasteiger partial charge in [0.25, 0.3) is 0 Å². The van der Waals surface area contributed by atoms with E-state index in [-0.39, 0.29) is 5.92 Å². The lowest BCUT2D eigenvalue weighted by atomic mass is 10.00. The van der Waals surface area contributed by atoms with Crippen LogP contribution in [0, 0.1) is 6.92 Å². The summed E-state index contributed by atoms with van der Waals surface area (Å²) >= 11 is 3.48. The van der Waals surface area contributed by atoms with Crippen LogP contribution in [0.5, 0.6) is 5.75 Å². The summed E-state index contributed by atoms with van der Waals surface area (Å²) in [5.74, 6) is 1.93. The fourth-order valence-corrected chi connectivity index (χ4v) is 3.03. The van der Waals surface area contributed by atoms with Gasteiger partial charge >= 0.3 is 0 Å². The van der Waals surface area contributed by atoms with Crippen LogP contribution in [-0.2, 0) is 0 Å². The Labute approximate surface area is 162 Å². The van der Waals surface area contributed by atoms with Crippen molar-refractivity contribution in [2.45, 2.75) is 19.8 Å². The van der Waals surface area contributed by atoms with Crippen molar-refractivity contribution in [2.24, 2.45) is 0 Å². The van der Waals surface area contributed by atoms with E-state index in [0.29, 0.717) is 0 Å². The zero-order chi connectivity index (χ0) is 18.5. The van der Waals surface area contributed by atoms with E-state index in [4.69, 9.17) is 4.74 Å². The zero-order valence-electron chi connectivity index (χ0n) is 15.0. The van der Waals surface area contributed by atoms with Crippen molar-refractivity contribution >= 4 is 21.7 Å². The maximum Gasteiger partial charge on any atom is 0.129 e. The Morgan fingerprint density at radius 2 is 1.96 bits per heavy atom. The number of halogens is 1. The topological polar surface area (TPSA) is 59.9 Å². The minimum Gasteiger partial charge on any atom is -0.496 e. The van der Waals surface area contributed by atoms with Crippen LogP contribution in [-0.4, -0.2) is 28.6 Å². The first-order valence-corrected chi connectivity index (χ1v) is 9.18. The van der Waals surface area contributed by atoms with E-state index in [9.17, 15) is 0 Å². The molecule has 0 aliphatic carbocycles. The number of anilines is 1. The molecule has 134 valence electrons. The Morgan fingerprint density at radius 3 is 2.69 bits per heavy atom. The number of hydrogen-bond acceptors (Lipinski definition) is 5. The molecule has 0 saturated heterocycles. The molecule has 1 N–H and O–H groups in total. The smallest absolute Gasteiger partial charge is 0.129 e. The molecule has 1 atom stereocenters. The van der Waals surface area contributed by atoms with Crippen LogP contribution in [0.2, 0.25) is 0 Å². The third kappa shape index (κ3) is 4.38. The lowest BCUT2D eigenvalue weighted by Gasteiger charge is -2.17. The lowest BCUT2D eigenvalue weighted by Crippen LogP contribution is -2.12. The highest BCUT2D eigenvalue weighted by atomic mass is 79.9. The van der Waals surface area contributed by atoms with Crippen LogP contribution < -0.4 is 10.1 Å². The average Bonchev–Trinajstić information content (AvgIpc) is 2.66. The molecule has 2 heterocycles. The van der Waals surface area contributed by atoms with Crippen molar-refractivity contribution < 1.29 is 4.74 Å². The largest absolute Gasteiger partial charge is 0.496 e. The van der Waals surface area contributed by atoms with Gasteiger partial charge in [0.2, 0.25) is 0 Å². The van der Waals surface area contributed by atoms with Crippen LogP contribution in [0.3, 0.4) is 0 Å². The molecular formula is C20H21BrN4O. The molecule has 0 radical (unpaired) electrons. The number of pyridine rings is 1. The number of aromatic nitrogens is 3. The minimum atomic E-state index is 0.262. The van der Waals surface area contributed by atoms with Crippen LogP contribution >= 0.6 is 15.9 Å². The van der Waals surface area contributed by atoms with Crippen LogP contribution in [0.4, 0.5) is 5.82 Å². The standard InChI is InChI=1S/C20H21BrN4O/c1-13(17-7-6-16(21)8-19(17)26-3)10-23-20-9-18(24-12-25-20)15-5-4-14(2)22-11-15/h4-9,11-13H,10H2,1-3H3,(H,23,24,25). The van der Waals surface area contributed by atoms with Gasteiger partial charge in [0.15, 0.2) is 0 Å². The van der Waals surface area contributed by atoms with Crippen molar-refractivity contribution in [3.8, 4) is 17.0 Å². The Kier molecular flexibility index (Phi) is 5.83. The van der Waals surface area contributed by atoms with Gasteiger partial charge in [-0.2, -0.15) is 0 Å². The Balaban J connectivity index is 1.72. The summed E-state index contributed by atoms with van der Waals surface area (Å²) in [6.45, 7) is 4.86. The number of aryl methyl sites for hydroxylation is 1. The number of nitrogens with one attached hydrogen (secondary N) is 1. The minimum absolute atomic E-state index is 0.262. The van der Waals surface area contributed by atoms with E-state index < -0.39 is 0 Å². The molecule has 3 rings (SSSR count). The second kappa shape index (κ2) is 8.27. The number of hydrogen-bond donors (Lipinski definition) is 1. The van der Waals surface area contributed by atoms with Gasteiger partial charge in [0, 0.05) is 40.5 Å². The van der Waals surface area contributed by atoms with E-state index >= 15 is 0 Å². The second-order valence-electron chi connectivity index (χ2n) is 6.14. The van der Waals surface area contributed by atoms with Crippen molar-refractivity contribution in [1.82, 2.24) is 15.0 Å². The summed E-state index contributed by atoms with van der Waals surface area (Å²) in [7, 11) is 1.69. The van der Waals surface area contributed by atoms with Gasteiger partial charge in [-0.1, -0.05) is 28.9 Å². The SMILES string of the molecule is COc1cc(Br)ccc1C(C)CNc1cc(-c2ccc(C)nc2)ncn1. The summed E-state index contributed by atoms with van der Waals surface area (Å²) in [5, 5.41) is 3.39. The summed E-state index contributed by atoms with van der Waals surface area (Å²) in [6.07, 6.45) is 3.40. The Morgan fingerprint density at radius 1 is 1.12 bits per heavy atom. The third-order valence-corrected chi connectivity index (χ3v) is 4.68. The molecule has 0 amide bonds. The molecule has 0 bridgehead atoms. The summed E-state index contributed by atoms with van der Waals surface area (Å²) in [5.41, 5.74) is 3.96. The molecule has 0 fully saturated rings. The van der Waals surface area contributed by atoms with Crippen LogP contribution in [0.25, 0.3) is 11.3 Å². The van der Waals surface area contributed by atoms with Gasteiger partial charge in [-0.3, -0.25) is 4.98 Å². The van der Waals surface area contributed by atoms with Gasteiger partial charge in [0.05, 0.1) is 12.8 Å². The quantitative estimate of drug-likeness (QED) is 0.627. The van der Waals surface area contributed by atoms with Crippen molar-refractivity contribution in [3.63, 3.8) is 0 Å². The molecule has 0 spiro atoms. The summed E-state index contributed by atoms with van der Waals surface area (Å²) in [6, 6.07) is 12.0. The van der Waals surface area contributed by atoms with Crippen molar-refractivity contribution in [3.05, 3.63) is 64.7 Å². The Hall–Kier alpha value is -2.47. The normalized spacial score (nSPS) is 11.8. The molecule has 2 aromatic heterocycles. The third-order valence-electron chi connectivity index (χ3n) is 4.19. The van der Waals surface area contributed by atoms with Gasteiger partial charge < -0.3 is 10.1 Å². The fraction of sp³-hybridized carbons (Fsp3) is 0.250. The predicted octanol–water partition coefficient (Wildman–Crippen LogP) is 4.83. The zero-order valence-corrected chi connectivity index (χ0v) is 16.6. The molecule has 3 aromatic rings. The average molecular weight is 413 g/mol. The highest BCUT2D eigenvalue weighted by molar-refractivity contribution is 9.10. The molecule has 1 aromatic carbocycles. The predicted molar refractivity (Wildman–Crippen MR) is 108 cm³/mol. The van der Waals surface area contributed by atoms with Crippen LogP contribution in [0.1, 0.15) is 24.1 Å². The van der Waals surface area contributed by atoms with Gasteiger partial charge in [-0.05, 0) is 36.8 Å². The second-order valence-corrected chi connectivity index (χ2v) is 7.06. The summed E-state index contributed by atoms with van der Waals surface area (Å²) in [4.78, 5) is 13.0. The lowest BCUT2D eigenvalue weighted by molar-refractivity contribution is 0.407. The molecule has 0 aliphatic rings. The monoisotopic (exact) mass is 412 g/mol. The van der Waals surface area contributed by atoms with Crippen molar-refractivity contribution in [2.75, 3.05) is 19.0 Å². The number of rotatable bonds is 6. The molecule has 1 unspecified atom stereocenters. The van der Waals surface area contributed by atoms with Gasteiger partial charge in [-0.25, -0.2) is 9.97 Å². The molecule has 6 heteroatoms. The van der Waals surface area contributed by atoms with E-state index in [2.05, 4.69) is 49.2 Å². The van der Waals surface area contributed by atoms with Crippen molar-refractivity contribution in [1.29, 1.82) is 0 Å². The maximum atomic E-state index is 5.50. The van der Waals surface area contributed by atoms with Gasteiger partial charge in [-0.15, -0.1) is 0 Å². The van der Waals surface area contributed by atoms with Gasteiger partial charge in [0.1, 0.15) is 17.9 Å². The number of methoxy groups -OCH3 is 1. The Bertz CT molecular complexity index is 883. The van der Waals surface area contributed by atoms with E-state index in [1.165, 1.54) is 0 Å². The number of nitrogens with zero attached hydrogens (tertiary/aromatic N) is 3. The first-order valence-electron chi connectivity index (χ1n) is 8.39.